The second kappa shape index (κ2) is 4.11. The number of aryl methyl sites for hydroxylation is 1. The molecular formula is C11H12ClNO2. The molecule has 1 amide bonds. The first-order chi connectivity index (χ1) is 7.20. The first-order valence-corrected chi connectivity index (χ1v) is 5.38. The lowest BCUT2D eigenvalue weighted by Crippen LogP contribution is -2.37. The first kappa shape index (κ1) is 10.3. The molecule has 3 nitrogen and oxygen atoms in total. The number of amides is 1. The van der Waals surface area contributed by atoms with Crippen molar-refractivity contribution in [3.8, 4) is 5.75 Å². The summed E-state index contributed by atoms with van der Waals surface area (Å²) in [5, 5.41) is 2.81. The normalized spacial score (nSPS) is 19.1. The van der Waals surface area contributed by atoms with E-state index in [-0.39, 0.29) is 5.91 Å². The van der Waals surface area contributed by atoms with Crippen LogP contribution in [0.3, 0.4) is 0 Å². The van der Waals surface area contributed by atoms with Gasteiger partial charge in [-0.15, -0.1) is 11.6 Å². The van der Waals surface area contributed by atoms with Crippen LogP contribution in [-0.2, 0) is 4.79 Å². The maximum atomic E-state index is 11.6. The highest BCUT2D eigenvalue weighted by atomic mass is 35.5. The minimum absolute atomic E-state index is 0.117. The maximum absolute atomic E-state index is 11.6. The molecule has 0 unspecified atom stereocenters. The molecule has 0 aliphatic carbocycles. The highest BCUT2D eigenvalue weighted by Crippen LogP contribution is 2.30. The smallest absolute Gasteiger partial charge is 0.265 e. The summed E-state index contributed by atoms with van der Waals surface area (Å²) in [4.78, 5) is 11.6. The molecule has 1 heterocycles. The third-order valence-corrected chi connectivity index (χ3v) is 2.54. The number of hydrogen-bond acceptors (Lipinski definition) is 2. The molecule has 4 heteroatoms. The summed E-state index contributed by atoms with van der Waals surface area (Å²) in [6.07, 6.45) is 0.0680. The van der Waals surface area contributed by atoms with Crippen LogP contribution < -0.4 is 10.1 Å². The van der Waals surface area contributed by atoms with Crippen LogP contribution in [0.2, 0.25) is 0 Å². The van der Waals surface area contributed by atoms with Crippen LogP contribution >= 0.6 is 11.6 Å². The van der Waals surface area contributed by atoms with E-state index in [2.05, 4.69) is 5.32 Å². The number of ether oxygens (including phenoxy) is 1. The van der Waals surface area contributed by atoms with Gasteiger partial charge < -0.3 is 10.1 Å². The van der Waals surface area contributed by atoms with Gasteiger partial charge in [-0.3, -0.25) is 4.79 Å². The number of fused-ring (bicyclic) bond motifs is 1. The Hall–Kier alpha value is -1.22. The highest BCUT2D eigenvalue weighted by molar-refractivity contribution is 6.18. The summed E-state index contributed by atoms with van der Waals surface area (Å²) in [5.74, 6) is 1.02. The van der Waals surface area contributed by atoms with Gasteiger partial charge in [-0.05, 0) is 24.6 Å². The summed E-state index contributed by atoms with van der Waals surface area (Å²) in [7, 11) is 0. The molecule has 1 aromatic carbocycles. The molecule has 15 heavy (non-hydrogen) atoms. The van der Waals surface area contributed by atoms with Crippen LogP contribution in [-0.4, -0.2) is 17.9 Å². The number of benzene rings is 1. The van der Waals surface area contributed by atoms with E-state index in [0.717, 1.165) is 17.0 Å². The van der Waals surface area contributed by atoms with Gasteiger partial charge in [0.05, 0.1) is 5.69 Å². The Labute approximate surface area is 93.4 Å². The Bertz CT molecular complexity index is 392. The Balaban J connectivity index is 2.26. The van der Waals surface area contributed by atoms with Crippen LogP contribution in [0.5, 0.6) is 5.75 Å². The molecule has 1 aromatic rings. The SMILES string of the molecule is Cc1ccc2c(c1)NC(=O)[C@@H](CCCl)O2. The van der Waals surface area contributed by atoms with Crippen molar-refractivity contribution < 1.29 is 9.53 Å². The lowest BCUT2D eigenvalue weighted by atomic mass is 10.1. The summed E-state index contributed by atoms with van der Waals surface area (Å²) in [6.45, 7) is 1.97. The largest absolute Gasteiger partial charge is 0.478 e. The molecule has 80 valence electrons. The molecule has 1 atom stereocenters. The lowest BCUT2D eigenvalue weighted by Gasteiger charge is -2.25. The molecule has 0 saturated carbocycles. The first-order valence-electron chi connectivity index (χ1n) is 4.85. The Kier molecular flexibility index (Phi) is 2.82. The van der Waals surface area contributed by atoms with Crippen molar-refractivity contribution in [3.63, 3.8) is 0 Å². The van der Waals surface area contributed by atoms with Gasteiger partial charge in [0.15, 0.2) is 6.10 Å². The van der Waals surface area contributed by atoms with E-state index in [9.17, 15) is 4.79 Å². The molecule has 0 bridgehead atoms. The summed E-state index contributed by atoms with van der Waals surface area (Å²) < 4.78 is 5.54. The Morgan fingerprint density at radius 2 is 2.33 bits per heavy atom. The lowest BCUT2D eigenvalue weighted by molar-refractivity contribution is -0.123. The van der Waals surface area contributed by atoms with E-state index in [1.54, 1.807) is 0 Å². The second-order valence-electron chi connectivity index (χ2n) is 3.57. The maximum Gasteiger partial charge on any atom is 0.265 e. The number of rotatable bonds is 2. The van der Waals surface area contributed by atoms with E-state index < -0.39 is 6.10 Å². The van der Waals surface area contributed by atoms with Crippen molar-refractivity contribution >= 4 is 23.2 Å². The Morgan fingerprint density at radius 3 is 3.07 bits per heavy atom. The third kappa shape index (κ3) is 2.07. The fourth-order valence-corrected chi connectivity index (χ4v) is 1.75. The third-order valence-electron chi connectivity index (χ3n) is 2.33. The van der Waals surface area contributed by atoms with Gasteiger partial charge in [-0.25, -0.2) is 0 Å². The van der Waals surface area contributed by atoms with E-state index in [1.165, 1.54) is 0 Å². The minimum atomic E-state index is -0.460. The molecule has 1 N–H and O–H groups in total. The van der Waals surface area contributed by atoms with Crippen molar-refractivity contribution in [1.29, 1.82) is 0 Å². The molecule has 0 aromatic heterocycles. The molecule has 1 aliphatic heterocycles. The van der Waals surface area contributed by atoms with Crippen LogP contribution in [0.1, 0.15) is 12.0 Å². The average molecular weight is 226 g/mol. The number of hydrogen-bond donors (Lipinski definition) is 1. The van der Waals surface area contributed by atoms with Crippen LogP contribution in [0.25, 0.3) is 0 Å². The molecule has 0 radical (unpaired) electrons. The van der Waals surface area contributed by atoms with Gasteiger partial charge in [0, 0.05) is 12.3 Å². The van der Waals surface area contributed by atoms with Crippen LogP contribution in [0.15, 0.2) is 18.2 Å². The van der Waals surface area contributed by atoms with Gasteiger partial charge in [-0.1, -0.05) is 6.07 Å². The second-order valence-corrected chi connectivity index (χ2v) is 3.95. The Morgan fingerprint density at radius 1 is 1.53 bits per heavy atom. The average Bonchev–Trinajstić information content (AvgIpc) is 2.20. The molecule has 2 rings (SSSR count). The zero-order valence-electron chi connectivity index (χ0n) is 8.42. The zero-order chi connectivity index (χ0) is 10.8. The van der Waals surface area contributed by atoms with Crippen molar-refractivity contribution in [2.75, 3.05) is 11.2 Å². The van der Waals surface area contributed by atoms with E-state index in [1.807, 2.05) is 25.1 Å². The number of alkyl halides is 1. The molecule has 0 saturated heterocycles. The predicted octanol–water partition coefficient (Wildman–Crippen LogP) is 2.32. The fraction of sp³-hybridized carbons (Fsp3) is 0.364. The quantitative estimate of drug-likeness (QED) is 0.785. The monoisotopic (exact) mass is 225 g/mol. The van der Waals surface area contributed by atoms with Gasteiger partial charge in [0.2, 0.25) is 0 Å². The van der Waals surface area contributed by atoms with Crippen molar-refractivity contribution in [1.82, 2.24) is 0 Å². The molecule has 0 fully saturated rings. The number of carbonyl (C=O) groups excluding carboxylic acids is 1. The van der Waals surface area contributed by atoms with E-state index >= 15 is 0 Å². The highest BCUT2D eigenvalue weighted by Gasteiger charge is 2.26. The number of carbonyl (C=O) groups is 1. The minimum Gasteiger partial charge on any atom is -0.478 e. The molecule has 0 spiro atoms. The van der Waals surface area contributed by atoms with Crippen molar-refractivity contribution in [2.24, 2.45) is 0 Å². The van der Waals surface area contributed by atoms with Crippen LogP contribution in [0.4, 0.5) is 5.69 Å². The van der Waals surface area contributed by atoms with E-state index in [4.69, 9.17) is 16.3 Å². The van der Waals surface area contributed by atoms with Crippen molar-refractivity contribution in [3.05, 3.63) is 23.8 Å². The fourth-order valence-electron chi connectivity index (χ4n) is 1.55. The number of nitrogens with one attached hydrogen (secondary N) is 1. The van der Waals surface area contributed by atoms with Crippen LogP contribution in [0, 0.1) is 6.92 Å². The predicted molar refractivity (Wildman–Crippen MR) is 59.6 cm³/mol. The standard InChI is InChI=1S/C11H12ClNO2/c1-7-2-3-9-8(6-7)13-11(14)10(15-9)4-5-12/h2-3,6,10H,4-5H2,1H3,(H,13,14)/t10-/m1/s1. The topological polar surface area (TPSA) is 38.3 Å². The molecule has 1 aliphatic rings. The summed E-state index contributed by atoms with van der Waals surface area (Å²) in [5.41, 5.74) is 1.83. The van der Waals surface area contributed by atoms with Crippen molar-refractivity contribution in [2.45, 2.75) is 19.4 Å². The summed E-state index contributed by atoms with van der Waals surface area (Å²) in [6, 6.07) is 5.71. The number of halogens is 1. The van der Waals surface area contributed by atoms with Gasteiger partial charge in [0.25, 0.3) is 5.91 Å². The zero-order valence-corrected chi connectivity index (χ0v) is 9.17. The molecular weight excluding hydrogens is 214 g/mol. The summed E-state index contributed by atoms with van der Waals surface area (Å²) >= 11 is 5.59. The number of anilines is 1. The van der Waals surface area contributed by atoms with Gasteiger partial charge in [-0.2, -0.15) is 0 Å². The van der Waals surface area contributed by atoms with Gasteiger partial charge >= 0.3 is 0 Å². The van der Waals surface area contributed by atoms with E-state index in [0.29, 0.717) is 12.3 Å². The van der Waals surface area contributed by atoms with Gasteiger partial charge in [0.1, 0.15) is 5.75 Å².